The van der Waals surface area contributed by atoms with Gasteiger partial charge >= 0.3 is 5.97 Å². The lowest BCUT2D eigenvalue weighted by molar-refractivity contribution is -0.131. The van der Waals surface area contributed by atoms with Gasteiger partial charge in [-0.1, -0.05) is 0 Å². The molecule has 0 aliphatic rings. The lowest BCUT2D eigenvalue weighted by Gasteiger charge is -2.00. The van der Waals surface area contributed by atoms with Gasteiger partial charge in [0.15, 0.2) is 0 Å². The van der Waals surface area contributed by atoms with Gasteiger partial charge in [-0.2, -0.15) is 0 Å². The van der Waals surface area contributed by atoms with E-state index >= 15 is 0 Å². The number of Topliss-reactive ketones (excluding diaryl/α,β-unsaturated/α-hetero) is 1. The fourth-order valence-electron chi connectivity index (χ4n) is 1.18. The summed E-state index contributed by atoms with van der Waals surface area (Å²) >= 11 is 0. The molecule has 4 heteroatoms. The molecule has 0 saturated carbocycles. The van der Waals surface area contributed by atoms with Crippen LogP contribution in [-0.4, -0.2) is 21.4 Å². The van der Waals surface area contributed by atoms with E-state index < -0.39 is 11.8 Å². The third kappa shape index (κ3) is 1.47. The van der Waals surface area contributed by atoms with Crippen LogP contribution in [0.15, 0.2) is 6.07 Å². The standard InChI is InChI=1S/C9H11NO3/c1-5-4-7(8(11)9(12)13)10(3)6(5)2/h4H,1-3H3,(H,12,13). The van der Waals surface area contributed by atoms with Gasteiger partial charge in [0, 0.05) is 12.7 Å². The Bertz CT molecular complexity index is 376. The molecule has 70 valence electrons. The zero-order valence-corrected chi connectivity index (χ0v) is 7.79. The zero-order valence-electron chi connectivity index (χ0n) is 7.79. The molecule has 0 radical (unpaired) electrons. The van der Waals surface area contributed by atoms with E-state index in [2.05, 4.69) is 0 Å². The van der Waals surface area contributed by atoms with Crippen LogP contribution in [0.4, 0.5) is 0 Å². The number of carbonyl (C=O) groups is 2. The second kappa shape index (κ2) is 3.05. The first-order valence-corrected chi connectivity index (χ1v) is 3.85. The summed E-state index contributed by atoms with van der Waals surface area (Å²) in [6.07, 6.45) is 0. The second-order valence-electron chi connectivity index (χ2n) is 2.99. The third-order valence-electron chi connectivity index (χ3n) is 2.22. The number of ketones is 1. The van der Waals surface area contributed by atoms with Gasteiger partial charge < -0.3 is 9.67 Å². The number of carbonyl (C=O) groups excluding carboxylic acids is 1. The topological polar surface area (TPSA) is 59.3 Å². The van der Waals surface area contributed by atoms with Gasteiger partial charge in [-0.05, 0) is 25.5 Å². The average Bonchev–Trinajstić information content (AvgIpc) is 2.31. The molecule has 1 N–H and O–H groups in total. The summed E-state index contributed by atoms with van der Waals surface area (Å²) in [5.41, 5.74) is 2.05. The van der Waals surface area contributed by atoms with Crippen LogP contribution in [0.1, 0.15) is 21.7 Å². The summed E-state index contributed by atoms with van der Waals surface area (Å²) in [6, 6.07) is 1.59. The number of aromatic nitrogens is 1. The Balaban J connectivity index is 3.24. The fraction of sp³-hybridized carbons (Fsp3) is 0.333. The lowest BCUT2D eigenvalue weighted by atomic mass is 10.2. The van der Waals surface area contributed by atoms with Crippen molar-refractivity contribution in [2.45, 2.75) is 13.8 Å². The van der Waals surface area contributed by atoms with E-state index in [1.165, 1.54) is 0 Å². The Morgan fingerprint density at radius 2 is 1.92 bits per heavy atom. The van der Waals surface area contributed by atoms with E-state index in [9.17, 15) is 9.59 Å². The second-order valence-corrected chi connectivity index (χ2v) is 2.99. The molecule has 0 unspecified atom stereocenters. The van der Waals surface area contributed by atoms with Crippen LogP contribution in [0.2, 0.25) is 0 Å². The number of carboxylic acids is 1. The molecule has 0 fully saturated rings. The lowest BCUT2D eigenvalue weighted by Crippen LogP contribution is -2.16. The average molecular weight is 181 g/mol. The minimum Gasteiger partial charge on any atom is -0.475 e. The highest BCUT2D eigenvalue weighted by Crippen LogP contribution is 2.12. The van der Waals surface area contributed by atoms with Crippen molar-refractivity contribution >= 4 is 11.8 Å². The third-order valence-corrected chi connectivity index (χ3v) is 2.22. The van der Waals surface area contributed by atoms with Crippen LogP contribution in [0.25, 0.3) is 0 Å². The summed E-state index contributed by atoms with van der Waals surface area (Å²) in [6.45, 7) is 3.68. The van der Waals surface area contributed by atoms with E-state index in [1.54, 1.807) is 17.7 Å². The Morgan fingerprint density at radius 3 is 2.23 bits per heavy atom. The summed E-state index contributed by atoms with van der Waals surface area (Å²) in [5, 5.41) is 8.50. The highest BCUT2D eigenvalue weighted by molar-refractivity contribution is 6.39. The Morgan fingerprint density at radius 1 is 1.38 bits per heavy atom. The van der Waals surface area contributed by atoms with Crippen LogP contribution >= 0.6 is 0 Å². The normalized spacial score (nSPS) is 10.1. The molecule has 1 aromatic heterocycles. The number of nitrogens with zero attached hydrogens (tertiary/aromatic N) is 1. The van der Waals surface area contributed by atoms with E-state index in [0.29, 0.717) is 0 Å². The van der Waals surface area contributed by atoms with E-state index in [0.717, 1.165) is 11.3 Å². The van der Waals surface area contributed by atoms with Crippen LogP contribution in [0.5, 0.6) is 0 Å². The van der Waals surface area contributed by atoms with Crippen molar-refractivity contribution in [1.82, 2.24) is 4.57 Å². The van der Waals surface area contributed by atoms with Gasteiger partial charge in [0.2, 0.25) is 0 Å². The van der Waals surface area contributed by atoms with Crippen molar-refractivity contribution in [2.24, 2.45) is 7.05 Å². The first kappa shape index (κ1) is 9.51. The molecular weight excluding hydrogens is 170 g/mol. The van der Waals surface area contributed by atoms with Gasteiger partial charge in [0.25, 0.3) is 5.78 Å². The summed E-state index contributed by atoms with van der Waals surface area (Å²) in [7, 11) is 1.68. The quantitative estimate of drug-likeness (QED) is 0.545. The number of rotatable bonds is 2. The molecule has 0 saturated heterocycles. The maximum Gasteiger partial charge on any atom is 0.378 e. The molecule has 0 spiro atoms. The van der Waals surface area contributed by atoms with Gasteiger partial charge in [0.05, 0.1) is 5.69 Å². The maximum absolute atomic E-state index is 11.1. The molecule has 1 heterocycles. The molecule has 0 atom stereocenters. The minimum atomic E-state index is -1.42. The summed E-state index contributed by atoms with van der Waals surface area (Å²) < 4.78 is 1.59. The van der Waals surface area contributed by atoms with Crippen molar-refractivity contribution in [3.8, 4) is 0 Å². The predicted octanol–water partition coefficient (Wildman–Crippen LogP) is 0.909. The van der Waals surface area contributed by atoms with E-state index in [4.69, 9.17) is 5.11 Å². The highest BCUT2D eigenvalue weighted by atomic mass is 16.4. The molecule has 0 aliphatic heterocycles. The Labute approximate surface area is 75.8 Å². The van der Waals surface area contributed by atoms with Crippen LogP contribution in [0.3, 0.4) is 0 Å². The SMILES string of the molecule is Cc1cc(C(=O)C(=O)O)n(C)c1C. The molecule has 1 rings (SSSR count). The number of hydrogen-bond acceptors (Lipinski definition) is 2. The van der Waals surface area contributed by atoms with Crippen molar-refractivity contribution < 1.29 is 14.7 Å². The van der Waals surface area contributed by atoms with Crippen molar-refractivity contribution in [3.05, 3.63) is 23.0 Å². The molecule has 1 aromatic rings. The van der Waals surface area contributed by atoms with Crippen molar-refractivity contribution in [3.63, 3.8) is 0 Å². The Hall–Kier alpha value is -1.58. The number of aryl methyl sites for hydroxylation is 1. The zero-order chi connectivity index (χ0) is 10.2. The van der Waals surface area contributed by atoms with E-state index in [-0.39, 0.29) is 5.69 Å². The smallest absolute Gasteiger partial charge is 0.378 e. The highest BCUT2D eigenvalue weighted by Gasteiger charge is 2.19. The first-order valence-electron chi connectivity index (χ1n) is 3.85. The van der Waals surface area contributed by atoms with Gasteiger partial charge in [-0.25, -0.2) is 4.79 Å². The van der Waals surface area contributed by atoms with Crippen LogP contribution in [0, 0.1) is 13.8 Å². The molecular formula is C9H11NO3. The summed E-state index contributed by atoms with van der Waals surface area (Å²) in [5.74, 6) is -2.28. The maximum atomic E-state index is 11.1. The van der Waals surface area contributed by atoms with Gasteiger partial charge in [-0.3, -0.25) is 4.79 Å². The van der Waals surface area contributed by atoms with Crippen molar-refractivity contribution in [2.75, 3.05) is 0 Å². The molecule has 4 nitrogen and oxygen atoms in total. The monoisotopic (exact) mass is 181 g/mol. The Kier molecular flexibility index (Phi) is 2.23. The number of aliphatic carboxylic acids is 1. The number of carboxylic acid groups (broad SMARTS) is 1. The molecule has 0 aliphatic carbocycles. The van der Waals surface area contributed by atoms with Crippen LogP contribution < -0.4 is 0 Å². The molecule has 0 aromatic carbocycles. The summed E-state index contributed by atoms with van der Waals surface area (Å²) in [4.78, 5) is 21.5. The minimum absolute atomic E-state index is 0.225. The van der Waals surface area contributed by atoms with Crippen LogP contribution in [-0.2, 0) is 11.8 Å². The predicted molar refractivity (Wildman–Crippen MR) is 46.9 cm³/mol. The van der Waals surface area contributed by atoms with Gasteiger partial charge in [-0.15, -0.1) is 0 Å². The molecule has 13 heavy (non-hydrogen) atoms. The fourth-order valence-corrected chi connectivity index (χ4v) is 1.18. The molecule has 0 bridgehead atoms. The van der Waals surface area contributed by atoms with Gasteiger partial charge in [0.1, 0.15) is 0 Å². The molecule has 0 amide bonds. The largest absolute Gasteiger partial charge is 0.475 e. The first-order chi connectivity index (χ1) is 5.95. The van der Waals surface area contributed by atoms with E-state index in [1.807, 2.05) is 13.8 Å². The van der Waals surface area contributed by atoms with Crippen molar-refractivity contribution in [1.29, 1.82) is 0 Å². The number of hydrogen-bond donors (Lipinski definition) is 1.